The normalized spacial score (nSPS) is 20.3. The van der Waals surface area contributed by atoms with Crippen molar-refractivity contribution in [1.29, 1.82) is 0 Å². The summed E-state index contributed by atoms with van der Waals surface area (Å²) in [5, 5.41) is 3.79. The van der Waals surface area contributed by atoms with Gasteiger partial charge in [-0.15, -0.1) is 0 Å². The molecule has 0 fully saturated rings. The SMILES string of the molecule is Clc1cc2c(nc1Cl)N(PI)C(Cl)N2. The highest BCUT2D eigenvalue weighted by Gasteiger charge is 2.28. The van der Waals surface area contributed by atoms with E-state index in [-0.39, 0.29) is 5.62 Å². The molecule has 0 radical (unpaired) electrons. The first-order valence-electron chi connectivity index (χ1n) is 3.55. The molecule has 1 aromatic heterocycles. The largest absolute Gasteiger partial charge is 0.349 e. The third kappa shape index (κ3) is 1.87. The predicted octanol–water partition coefficient (Wildman–Crippen LogP) is 4.09. The van der Waals surface area contributed by atoms with Crippen LogP contribution in [0.3, 0.4) is 0 Å². The zero-order valence-corrected chi connectivity index (χ0v) is 12.0. The number of alkyl halides is 1. The van der Waals surface area contributed by atoms with E-state index in [0.717, 1.165) is 11.5 Å². The van der Waals surface area contributed by atoms with E-state index < -0.39 is 0 Å². The van der Waals surface area contributed by atoms with Crippen LogP contribution < -0.4 is 9.99 Å². The van der Waals surface area contributed by atoms with Crippen molar-refractivity contribution in [2.24, 2.45) is 0 Å². The summed E-state index contributed by atoms with van der Waals surface area (Å²) in [5.41, 5.74) is 0.547. The molecule has 76 valence electrons. The van der Waals surface area contributed by atoms with Gasteiger partial charge in [0.25, 0.3) is 0 Å². The lowest BCUT2D eigenvalue weighted by Crippen LogP contribution is -2.21. The lowest BCUT2D eigenvalue weighted by atomic mass is 10.4. The van der Waals surface area contributed by atoms with Gasteiger partial charge in [0.15, 0.2) is 11.4 Å². The molecule has 1 aromatic rings. The van der Waals surface area contributed by atoms with Crippen LogP contribution in [0, 0.1) is 0 Å². The summed E-state index contributed by atoms with van der Waals surface area (Å²) >= 11 is 19.9. The van der Waals surface area contributed by atoms with Gasteiger partial charge in [-0.3, -0.25) is 4.67 Å². The second kappa shape index (κ2) is 4.34. The van der Waals surface area contributed by atoms with Crippen molar-refractivity contribution < 1.29 is 0 Å². The summed E-state index contributed by atoms with van der Waals surface area (Å²) in [6, 6.07) is 1.73. The van der Waals surface area contributed by atoms with Crippen LogP contribution in [-0.4, -0.2) is 10.6 Å². The topological polar surface area (TPSA) is 28.2 Å². The Morgan fingerprint density at radius 1 is 1.57 bits per heavy atom. The lowest BCUT2D eigenvalue weighted by molar-refractivity contribution is 1.08. The summed E-state index contributed by atoms with van der Waals surface area (Å²) in [6.45, 7) is 0. The van der Waals surface area contributed by atoms with Gasteiger partial charge in [0.1, 0.15) is 5.15 Å². The molecule has 2 rings (SSSR count). The maximum absolute atomic E-state index is 6.04. The van der Waals surface area contributed by atoms with Crippen LogP contribution in [0.5, 0.6) is 0 Å². The van der Waals surface area contributed by atoms with Gasteiger partial charge in [-0.25, -0.2) is 4.98 Å². The monoisotopic (exact) mass is 381 g/mol. The number of pyridine rings is 1. The van der Waals surface area contributed by atoms with Crippen LogP contribution in [0.25, 0.3) is 0 Å². The molecule has 1 N–H and O–H groups in total. The van der Waals surface area contributed by atoms with Crippen molar-refractivity contribution in [3.63, 3.8) is 0 Å². The van der Waals surface area contributed by atoms with Crippen LogP contribution in [0.2, 0.25) is 10.2 Å². The Balaban J connectivity index is 2.49. The van der Waals surface area contributed by atoms with E-state index >= 15 is 0 Å². The fourth-order valence-electron chi connectivity index (χ4n) is 1.13. The standard InChI is InChI=1S/C6H4Cl3IN3P/c7-2-1-3-5(12-4(2)8)13(14-10)6(9)11-3/h1,6,11,14H. The van der Waals surface area contributed by atoms with E-state index in [1.165, 1.54) is 0 Å². The van der Waals surface area contributed by atoms with Crippen LogP contribution >= 0.6 is 63.2 Å². The van der Waals surface area contributed by atoms with E-state index in [1.807, 2.05) is 4.67 Å². The van der Waals surface area contributed by atoms with Crippen molar-refractivity contribution in [3.8, 4) is 0 Å². The average molecular weight is 382 g/mol. The minimum Gasteiger partial charge on any atom is -0.349 e. The Labute approximate surface area is 111 Å². The quantitative estimate of drug-likeness (QED) is 0.261. The third-order valence-corrected chi connectivity index (χ3v) is 5.09. The minimum absolute atomic E-state index is 0.276. The number of aromatic nitrogens is 1. The molecule has 0 bridgehead atoms. The van der Waals surface area contributed by atoms with Crippen molar-refractivity contribution >= 4 is 74.7 Å². The Kier molecular flexibility index (Phi) is 3.49. The maximum Gasteiger partial charge on any atom is 0.182 e. The van der Waals surface area contributed by atoms with E-state index in [9.17, 15) is 0 Å². The van der Waals surface area contributed by atoms with Gasteiger partial charge in [-0.1, -0.05) is 34.8 Å². The highest BCUT2D eigenvalue weighted by atomic mass is 127. The lowest BCUT2D eigenvalue weighted by Gasteiger charge is -2.16. The van der Waals surface area contributed by atoms with Gasteiger partial charge >= 0.3 is 0 Å². The molecule has 0 aromatic carbocycles. The molecule has 0 spiro atoms. The summed E-state index contributed by atoms with van der Waals surface area (Å²) in [7, 11) is 0. The first-order chi connectivity index (χ1) is 6.63. The van der Waals surface area contributed by atoms with Gasteiger partial charge in [0.05, 0.1) is 10.7 Å². The number of anilines is 2. The Morgan fingerprint density at radius 3 is 2.93 bits per heavy atom. The molecule has 0 saturated heterocycles. The molecule has 0 aliphatic carbocycles. The Bertz CT molecular complexity index is 378. The highest BCUT2D eigenvalue weighted by Crippen LogP contribution is 2.46. The number of nitrogens with zero attached hydrogens (tertiary/aromatic N) is 2. The van der Waals surface area contributed by atoms with E-state index in [4.69, 9.17) is 34.8 Å². The van der Waals surface area contributed by atoms with Gasteiger partial charge < -0.3 is 5.32 Å². The zero-order valence-electron chi connectivity index (χ0n) is 6.56. The van der Waals surface area contributed by atoms with Gasteiger partial charge in [0, 0.05) is 6.37 Å². The molecule has 0 saturated carbocycles. The fourth-order valence-corrected chi connectivity index (χ4v) is 4.19. The number of halogens is 4. The molecule has 14 heavy (non-hydrogen) atoms. The van der Waals surface area contributed by atoms with Gasteiger partial charge in [-0.05, 0) is 28.1 Å². The van der Waals surface area contributed by atoms with Gasteiger partial charge in [-0.2, -0.15) is 0 Å². The van der Waals surface area contributed by atoms with Crippen molar-refractivity contribution in [1.82, 2.24) is 4.98 Å². The summed E-state index contributed by atoms with van der Waals surface area (Å²) in [5.74, 6) is 0.757. The van der Waals surface area contributed by atoms with E-state index in [2.05, 4.69) is 32.3 Å². The summed E-state index contributed by atoms with van der Waals surface area (Å²) in [6.07, 6.45) is 0.497. The summed E-state index contributed by atoms with van der Waals surface area (Å²) < 4.78 is 1.92. The first-order valence-corrected chi connectivity index (χ1v) is 8.81. The molecule has 3 nitrogen and oxygen atoms in total. The number of hydrogen-bond donors (Lipinski definition) is 1. The van der Waals surface area contributed by atoms with Crippen molar-refractivity contribution in [2.45, 2.75) is 5.62 Å². The molecule has 8 heteroatoms. The van der Waals surface area contributed by atoms with E-state index in [1.54, 1.807) is 6.07 Å². The van der Waals surface area contributed by atoms with E-state index in [0.29, 0.717) is 16.5 Å². The fraction of sp³-hybridized carbons (Fsp3) is 0.167. The van der Waals surface area contributed by atoms with Crippen LogP contribution in [0.15, 0.2) is 6.07 Å². The average Bonchev–Trinajstić information content (AvgIpc) is 2.42. The van der Waals surface area contributed by atoms with Crippen molar-refractivity contribution in [3.05, 3.63) is 16.2 Å². The van der Waals surface area contributed by atoms with Crippen LogP contribution in [0.1, 0.15) is 0 Å². The smallest absolute Gasteiger partial charge is 0.182 e. The second-order valence-electron chi connectivity index (χ2n) is 2.57. The maximum atomic E-state index is 6.04. The van der Waals surface area contributed by atoms with Crippen molar-refractivity contribution in [2.75, 3.05) is 9.99 Å². The third-order valence-electron chi connectivity index (χ3n) is 1.73. The number of fused-ring (bicyclic) bond motifs is 1. The molecule has 2 atom stereocenters. The number of hydrogen-bond acceptors (Lipinski definition) is 3. The molecular formula is C6H4Cl3IN3P. The highest BCUT2D eigenvalue weighted by molar-refractivity contribution is 14.2. The molecule has 0 amide bonds. The molecule has 2 heterocycles. The molecular weight excluding hydrogens is 378 g/mol. The Hall–Kier alpha value is 0.780. The molecule has 1 aliphatic rings. The number of nitrogens with one attached hydrogen (secondary N) is 1. The summed E-state index contributed by atoms with van der Waals surface area (Å²) in [4.78, 5) is 4.17. The second-order valence-corrected chi connectivity index (χ2v) is 5.84. The van der Waals surface area contributed by atoms with Crippen LogP contribution in [-0.2, 0) is 0 Å². The minimum atomic E-state index is -0.276. The zero-order chi connectivity index (χ0) is 10.3. The Morgan fingerprint density at radius 2 is 2.29 bits per heavy atom. The van der Waals surface area contributed by atoms with Gasteiger partial charge in [0.2, 0.25) is 0 Å². The first kappa shape index (κ1) is 11.3. The predicted molar refractivity (Wildman–Crippen MR) is 72.3 cm³/mol. The van der Waals surface area contributed by atoms with Crippen LogP contribution in [0.4, 0.5) is 11.5 Å². The number of rotatable bonds is 1. The molecule has 1 aliphatic heterocycles. The molecule has 2 unspecified atom stereocenters.